The minimum Gasteiger partial charge on any atom is -0.471 e. The highest BCUT2D eigenvalue weighted by Gasteiger charge is 1.98. The Labute approximate surface area is 89.5 Å². The molecule has 0 aliphatic heterocycles. The monoisotopic (exact) mass is 253 g/mol. The second-order valence-electron chi connectivity index (χ2n) is 2.67. The van der Waals surface area contributed by atoms with E-state index < -0.39 is 0 Å². The maximum absolute atomic E-state index is 5.42. The number of hydrogen-bond donors (Lipinski definition) is 1. The van der Waals surface area contributed by atoms with Gasteiger partial charge in [0.25, 0.3) is 0 Å². The fourth-order valence-electron chi connectivity index (χ4n) is 0.987. The van der Waals surface area contributed by atoms with Crippen molar-refractivity contribution in [1.29, 1.82) is 0 Å². The Hall–Kier alpha value is -1.36. The van der Waals surface area contributed by atoms with Gasteiger partial charge >= 0.3 is 0 Å². The molecule has 0 aromatic carbocycles. The summed E-state index contributed by atoms with van der Waals surface area (Å²) in [6.07, 6.45) is 1.69. The molecule has 2 aromatic heterocycles. The molecule has 0 aliphatic rings. The van der Waals surface area contributed by atoms with Crippen molar-refractivity contribution in [3.63, 3.8) is 0 Å². The summed E-state index contributed by atoms with van der Waals surface area (Å²) in [7, 11) is 0. The summed E-state index contributed by atoms with van der Waals surface area (Å²) in [6, 6.07) is 7.39. The lowest BCUT2D eigenvalue weighted by Gasteiger charge is -2.02. The first kappa shape index (κ1) is 9.21. The summed E-state index contributed by atoms with van der Waals surface area (Å²) in [5.41, 5.74) is 0.923. The summed E-state index contributed by atoms with van der Waals surface area (Å²) in [5, 5.41) is 6.62. The van der Waals surface area contributed by atoms with Gasteiger partial charge in [-0.1, -0.05) is 6.07 Å². The third kappa shape index (κ3) is 2.32. The Morgan fingerprint density at radius 1 is 1.36 bits per heavy atom. The molecule has 2 rings (SSSR count). The molecule has 0 saturated carbocycles. The summed E-state index contributed by atoms with van der Waals surface area (Å²) in [4.78, 5) is 4.13. The van der Waals surface area contributed by atoms with Crippen LogP contribution in [-0.2, 0) is 6.61 Å². The number of halogens is 1. The van der Waals surface area contributed by atoms with Crippen LogP contribution in [0.2, 0.25) is 0 Å². The van der Waals surface area contributed by atoms with Crippen molar-refractivity contribution >= 4 is 15.9 Å². The van der Waals surface area contributed by atoms with E-state index in [0.29, 0.717) is 12.5 Å². The fraction of sp³-hybridized carbons (Fsp3) is 0.111. The first-order valence-corrected chi connectivity index (χ1v) is 4.87. The largest absolute Gasteiger partial charge is 0.471 e. The second-order valence-corrected chi connectivity index (χ2v) is 3.48. The number of hydrogen-bond acceptors (Lipinski definition) is 3. The number of ether oxygens (including phenoxy) is 1. The van der Waals surface area contributed by atoms with Gasteiger partial charge in [-0.3, -0.25) is 5.10 Å². The van der Waals surface area contributed by atoms with Crippen molar-refractivity contribution in [2.24, 2.45) is 0 Å². The summed E-state index contributed by atoms with van der Waals surface area (Å²) < 4.78 is 6.18. The van der Waals surface area contributed by atoms with Gasteiger partial charge in [-0.15, -0.1) is 0 Å². The zero-order valence-corrected chi connectivity index (χ0v) is 8.86. The molecule has 1 N–H and O–H groups in total. The zero-order chi connectivity index (χ0) is 9.80. The van der Waals surface area contributed by atoms with Crippen LogP contribution in [0.3, 0.4) is 0 Å². The molecule has 72 valence electrons. The molecule has 0 fully saturated rings. The maximum Gasteiger partial charge on any atom is 0.214 e. The molecule has 0 saturated heterocycles. The van der Waals surface area contributed by atoms with Crippen LogP contribution in [0.15, 0.2) is 35.1 Å². The van der Waals surface area contributed by atoms with Gasteiger partial charge in [-0.2, -0.15) is 5.10 Å². The first-order chi connectivity index (χ1) is 6.84. The molecule has 0 atom stereocenters. The molecule has 0 unspecified atom stereocenters. The molecule has 2 heterocycles. The van der Waals surface area contributed by atoms with Crippen LogP contribution >= 0.6 is 15.9 Å². The van der Waals surface area contributed by atoms with E-state index in [4.69, 9.17) is 4.74 Å². The highest BCUT2D eigenvalue weighted by atomic mass is 79.9. The van der Waals surface area contributed by atoms with Crippen molar-refractivity contribution < 1.29 is 4.74 Å². The number of H-pyrrole nitrogens is 1. The van der Waals surface area contributed by atoms with Crippen LogP contribution < -0.4 is 4.74 Å². The second kappa shape index (κ2) is 4.23. The lowest BCUT2D eigenvalue weighted by molar-refractivity contribution is 0.288. The van der Waals surface area contributed by atoms with E-state index in [9.17, 15) is 0 Å². The number of rotatable bonds is 3. The highest BCUT2D eigenvalue weighted by Crippen LogP contribution is 2.12. The Balaban J connectivity index is 1.98. The van der Waals surface area contributed by atoms with Crippen molar-refractivity contribution in [1.82, 2.24) is 15.2 Å². The molecular formula is C9H8BrN3O. The fourth-order valence-corrected chi connectivity index (χ4v) is 1.31. The average Bonchev–Trinajstić information content (AvgIpc) is 2.67. The van der Waals surface area contributed by atoms with Gasteiger partial charge in [0.2, 0.25) is 5.88 Å². The van der Waals surface area contributed by atoms with Crippen molar-refractivity contribution in [2.45, 2.75) is 6.61 Å². The van der Waals surface area contributed by atoms with Crippen LogP contribution in [0.5, 0.6) is 5.88 Å². The zero-order valence-electron chi connectivity index (χ0n) is 7.27. The van der Waals surface area contributed by atoms with Crippen molar-refractivity contribution in [2.75, 3.05) is 0 Å². The molecule has 5 heteroatoms. The van der Waals surface area contributed by atoms with Gasteiger partial charge < -0.3 is 4.74 Å². The van der Waals surface area contributed by atoms with Crippen LogP contribution in [0.25, 0.3) is 0 Å². The number of pyridine rings is 1. The summed E-state index contributed by atoms with van der Waals surface area (Å²) >= 11 is 3.27. The predicted octanol–water partition coefficient (Wildman–Crippen LogP) is 2.15. The van der Waals surface area contributed by atoms with E-state index in [-0.39, 0.29) is 0 Å². The topological polar surface area (TPSA) is 50.8 Å². The van der Waals surface area contributed by atoms with Crippen LogP contribution in [0.1, 0.15) is 5.69 Å². The van der Waals surface area contributed by atoms with Crippen molar-refractivity contribution in [3.8, 4) is 5.88 Å². The Morgan fingerprint density at radius 3 is 3.00 bits per heavy atom. The quantitative estimate of drug-likeness (QED) is 0.854. The minimum absolute atomic E-state index is 0.448. The molecular weight excluding hydrogens is 246 g/mol. The Bertz CT molecular complexity index is 402. The lowest BCUT2D eigenvalue weighted by Crippen LogP contribution is -1.97. The van der Waals surface area contributed by atoms with Gasteiger partial charge in [0.15, 0.2) is 0 Å². The third-order valence-electron chi connectivity index (χ3n) is 1.62. The van der Waals surface area contributed by atoms with Gasteiger partial charge in [0, 0.05) is 12.3 Å². The molecule has 4 nitrogen and oxygen atoms in total. The molecule has 0 bridgehead atoms. The number of aromatic amines is 1. The number of nitrogens with zero attached hydrogens (tertiary/aromatic N) is 2. The van der Waals surface area contributed by atoms with E-state index >= 15 is 0 Å². The highest BCUT2D eigenvalue weighted by molar-refractivity contribution is 9.10. The summed E-state index contributed by atoms with van der Waals surface area (Å²) in [5.74, 6) is 0.592. The smallest absolute Gasteiger partial charge is 0.214 e. The maximum atomic E-state index is 5.42. The normalized spacial score (nSPS) is 10.1. The molecule has 0 radical (unpaired) electrons. The number of nitrogens with one attached hydrogen (secondary N) is 1. The molecule has 0 aliphatic carbocycles. The summed E-state index contributed by atoms with van der Waals surface area (Å²) in [6.45, 7) is 0.448. The van der Waals surface area contributed by atoms with E-state index in [1.54, 1.807) is 12.3 Å². The van der Waals surface area contributed by atoms with Gasteiger partial charge in [0.05, 0.1) is 5.69 Å². The Morgan fingerprint density at radius 2 is 2.29 bits per heavy atom. The van der Waals surface area contributed by atoms with Gasteiger partial charge in [-0.25, -0.2) is 4.98 Å². The SMILES string of the molecule is Brc1cccc(OCc2ccn[nH]2)n1. The molecule has 0 amide bonds. The van der Waals surface area contributed by atoms with Crippen LogP contribution in [0, 0.1) is 0 Å². The van der Waals surface area contributed by atoms with Gasteiger partial charge in [0.1, 0.15) is 11.2 Å². The average molecular weight is 254 g/mol. The molecule has 0 spiro atoms. The van der Waals surface area contributed by atoms with Crippen molar-refractivity contribution in [3.05, 3.63) is 40.8 Å². The predicted molar refractivity (Wildman–Crippen MR) is 54.9 cm³/mol. The number of aromatic nitrogens is 3. The molecule has 2 aromatic rings. The van der Waals surface area contributed by atoms with E-state index in [0.717, 1.165) is 10.3 Å². The van der Waals surface area contributed by atoms with Gasteiger partial charge in [-0.05, 0) is 28.1 Å². The lowest BCUT2D eigenvalue weighted by atomic mass is 10.4. The Kier molecular flexibility index (Phi) is 2.78. The van der Waals surface area contributed by atoms with E-state index in [2.05, 4.69) is 31.1 Å². The standard InChI is InChI=1S/C9H8BrN3O/c10-8-2-1-3-9(12-8)14-6-7-4-5-11-13-7/h1-5H,6H2,(H,11,13). The first-order valence-electron chi connectivity index (χ1n) is 4.08. The van der Waals surface area contributed by atoms with Crippen LogP contribution in [-0.4, -0.2) is 15.2 Å². The molecule has 14 heavy (non-hydrogen) atoms. The minimum atomic E-state index is 0.448. The van der Waals surface area contributed by atoms with Crippen LogP contribution in [0.4, 0.5) is 0 Å². The van der Waals surface area contributed by atoms with E-state index in [1.807, 2.05) is 18.2 Å². The third-order valence-corrected chi connectivity index (χ3v) is 2.07. The van der Waals surface area contributed by atoms with E-state index in [1.165, 1.54) is 0 Å².